The highest BCUT2D eigenvalue weighted by Crippen LogP contribution is 2.69. The van der Waals surface area contributed by atoms with Gasteiger partial charge >= 0.3 is 0 Å². The van der Waals surface area contributed by atoms with Crippen LogP contribution < -0.4 is 0 Å². The number of hydrogen-bond acceptors (Lipinski definition) is 3. The molecule has 0 bridgehead atoms. The van der Waals surface area contributed by atoms with E-state index in [4.69, 9.17) is 0 Å². The summed E-state index contributed by atoms with van der Waals surface area (Å²) in [5.41, 5.74) is 2.63. The van der Waals surface area contributed by atoms with Crippen molar-refractivity contribution in [2.75, 3.05) is 0 Å². The van der Waals surface area contributed by atoms with Gasteiger partial charge in [0.2, 0.25) is 0 Å². The maximum absolute atomic E-state index is 13.1. The van der Waals surface area contributed by atoms with Gasteiger partial charge in [0.15, 0.2) is 11.6 Å². The molecule has 0 aromatic rings. The predicted molar refractivity (Wildman–Crippen MR) is 248 cm³/mol. The predicted octanol–water partition coefficient (Wildman–Crippen LogP) is 16.3. The molecule has 3 fully saturated rings. The van der Waals surface area contributed by atoms with Gasteiger partial charge in [0, 0.05) is 18.3 Å². The molecule has 0 amide bonds. The van der Waals surface area contributed by atoms with Gasteiger partial charge in [-0.1, -0.05) is 219 Å². The lowest BCUT2D eigenvalue weighted by molar-refractivity contribution is -0.174. The number of carbonyl (C=O) groups excluding carboxylic acids is 3. The minimum atomic E-state index is -0.298. The smallest absolute Gasteiger partial charge is 0.165 e. The van der Waals surface area contributed by atoms with E-state index < -0.39 is 0 Å². The Balaban J connectivity index is -0.000000408. The summed E-state index contributed by atoms with van der Waals surface area (Å²) in [6.07, 6.45) is 23.2. The van der Waals surface area contributed by atoms with Gasteiger partial charge in [0.1, 0.15) is 5.78 Å². The van der Waals surface area contributed by atoms with Crippen LogP contribution in [0, 0.1) is 51.8 Å². The lowest BCUT2D eigenvalue weighted by Gasteiger charge is -2.67. The third-order valence-electron chi connectivity index (χ3n) is 11.3. The summed E-state index contributed by atoms with van der Waals surface area (Å²) < 4.78 is 0. The van der Waals surface area contributed by atoms with Crippen LogP contribution >= 0.6 is 0 Å². The van der Waals surface area contributed by atoms with E-state index in [0.717, 1.165) is 23.8 Å². The van der Waals surface area contributed by atoms with Gasteiger partial charge in [-0.15, -0.1) is 6.58 Å². The van der Waals surface area contributed by atoms with Crippen molar-refractivity contribution in [2.45, 2.75) is 203 Å². The Hall–Kier alpha value is -2.29. The molecule has 0 saturated heterocycles. The molecule has 0 N–H and O–H groups in total. The first-order valence-electron chi connectivity index (χ1n) is 22.9. The SMILES string of the molecule is C1CCCCC1.C=C1CC1C(C)(C)C.C=CC1(C)[C@H]2CC=C(C(=O)[C@H](C)/C=C/CC(=O)[C]3C=C3)C[C@H](C(C)=O)[C@H]2C1(C)C.CC.CC.CC.CC.CC.CC. The van der Waals surface area contributed by atoms with E-state index in [-0.39, 0.29) is 45.9 Å². The molecule has 5 aliphatic carbocycles. The summed E-state index contributed by atoms with van der Waals surface area (Å²) in [6, 6.07) is 0. The van der Waals surface area contributed by atoms with Crippen LogP contribution in [0.2, 0.25) is 0 Å². The summed E-state index contributed by atoms with van der Waals surface area (Å²) in [4.78, 5) is 37.4. The van der Waals surface area contributed by atoms with E-state index in [1.165, 1.54) is 50.5 Å². The van der Waals surface area contributed by atoms with Crippen LogP contribution in [0.25, 0.3) is 0 Å². The summed E-state index contributed by atoms with van der Waals surface area (Å²) >= 11 is 0. The fraction of sp³-hybridized carbons (Fsp3) is 0.731. The molecular weight excluding hydrogens is 673 g/mol. The molecule has 0 aromatic heterocycles. The first-order valence-corrected chi connectivity index (χ1v) is 22.9. The molecule has 3 nitrogen and oxygen atoms in total. The zero-order valence-electron chi connectivity index (χ0n) is 40.6. The Morgan fingerprint density at radius 1 is 0.800 bits per heavy atom. The van der Waals surface area contributed by atoms with Crippen molar-refractivity contribution in [3.63, 3.8) is 0 Å². The van der Waals surface area contributed by atoms with E-state index in [1.54, 1.807) is 25.2 Å². The molecule has 321 valence electrons. The molecule has 0 aliphatic heterocycles. The molecule has 3 saturated carbocycles. The number of Topliss-reactive ketones (excluding diaryl/α,β-unsaturated/α-hetero) is 3. The molecule has 0 spiro atoms. The van der Waals surface area contributed by atoms with E-state index in [1.807, 2.05) is 102 Å². The molecule has 1 radical (unpaired) electrons. The third kappa shape index (κ3) is 19.1. The van der Waals surface area contributed by atoms with Crippen molar-refractivity contribution in [2.24, 2.45) is 45.8 Å². The van der Waals surface area contributed by atoms with Crippen molar-refractivity contribution >= 4 is 17.3 Å². The van der Waals surface area contributed by atoms with Gasteiger partial charge in [0.05, 0.1) is 5.92 Å². The summed E-state index contributed by atoms with van der Waals surface area (Å²) in [7, 11) is 0. The molecule has 3 heteroatoms. The zero-order chi connectivity index (χ0) is 44.2. The Morgan fingerprint density at radius 2 is 1.22 bits per heavy atom. The van der Waals surface area contributed by atoms with Crippen LogP contribution in [0.1, 0.15) is 203 Å². The molecule has 55 heavy (non-hydrogen) atoms. The molecule has 0 aromatic carbocycles. The van der Waals surface area contributed by atoms with Gasteiger partial charge in [-0.2, -0.15) is 0 Å². The lowest BCUT2D eigenvalue weighted by Crippen LogP contribution is -2.63. The van der Waals surface area contributed by atoms with Gasteiger partial charge in [0.25, 0.3) is 0 Å². The Labute approximate surface area is 345 Å². The normalized spacial score (nSPS) is 25.2. The number of hydrogen-bond donors (Lipinski definition) is 0. The second kappa shape index (κ2) is 31.8. The number of carbonyl (C=O) groups is 3. The maximum Gasteiger partial charge on any atom is 0.165 e. The van der Waals surface area contributed by atoms with Crippen LogP contribution in [-0.4, -0.2) is 17.3 Å². The standard InChI is InChI=1S/C26H33O3.C8H14.C6H12.6C2H6/c1-7-26(6)21-14-13-19(15-20(17(3)27)23(21)25(26,4)5)24(29)16(2)9-8-10-22(28)18-11-12-18;1-6-5-7(6)8(2,3)4;1-2-4-6-5-3-1;6*1-2/h7-9,11-13,16,20-21,23H,1,10,14-15H2,2-6H3;7H,1,5H2,2-4H3;1-6H2;6*1-2H3/b9-8+;;;;;;;;/t16-,20-,21+,23-,26?;;;;;;;;/m1......../s1. The summed E-state index contributed by atoms with van der Waals surface area (Å²) in [5.74, 6) is 2.09. The van der Waals surface area contributed by atoms with Crippen molar-refractivity contribution in [1.29, 1.82) is 0 Å². The Morgan fingerprint density at radius 3 is 1.53 bits per heavy atom. The zero-order valence-corrected chi connectivity index (χ0v) is 40.6. The summed E-state index contributed by atoms with van der Waals surface area (Å²) in [6.45, 7) is 49.0. The second-order valence-corrected chi connectivity index (χ2v) is 15.6. The Kier molecular flexibility index (Phi) is 34.3. The van der Waals surface area contributed by atoms with E-state index in [2.05, 4.69) is 60.8 Å². The van der Waals surface area contributed by atoms with Crippen molar-refractivity contribution in [1.82, 2.24) is 0 Å². The second-order valence-electron chi connectivity index (χ2n) is 15.6. The van der Waals surface area contributed by atoms with Crippen LogP contribution in [0.3, 0.4) is 0 Å². The maximum atomic E-state index is 13.1. The molecule has 2 unspecified atom stereocenters. The number of allylic oxidation sites excluding steroid dienone is 8. The molecule has 6 atom stereocenters. The van der Waals surface area contributed by atoms with Crippen LogP contribution in [0.15, 0.2) is 60.8 Å². The highest BCUT2D eigenvalue weighted by atomic mass is 16.1. The van der Waals surface area contributed by atoms with Crippen molar-refractivity contribution in [3.05, 3.63) is 66.7 Å². The van der Waals surface area contributed by atoms with Gasteiger partial charge in [-0.3, -0.25) is 14.4 Å². The number of fused-ring (bicyclic) bond motifs is 1. The average Bonchev–Trinajstić information content (AvgIpc) is 4.15. The van der Waals surface area contributed by atoms with E-state index in [0.29, 0.717) is 24.2 Å². The molecule has 0 heterocycles. The van der Waals surface area contributed by atoms with Crippen molar-refractivity contribution < 1.29 is 14.4 Å². The van der Waals surface area contributed by atoms with Crippen LogP contribution in [0.4, 0.5) is 0 Å². The van der Waals surface area contributed by atoms with Gasteiger partial charge in [-0.25, -0.2) is 0 Å². The topological polar surface area (TPSA) is 51.2 Å². The fourth-order valence-electron chi connectivity index (χ4n) is 7.81. The fourth-order valence-corrected chi connectivity index (χ4v) is 7.81. The van der Waals surface area contributed by atoms with E-state index in [9.17, 15) is 14.4 Å². The number of rotatable bonds is 8. The van der Waals surface area contributed by atoms with Crippen molar-refractivity contribution in [3.8, 4) is 0 Å². The van der Waals surface area contributed by atoms with Crippen LogP contribution in [0.5, 0.6) is 0 Å². The minimum Gasteiger partial charge on any atom is -0.300 e. The van der Waals surface area contributed by atoms with Gasteiger partial charge < -0.3 is 0 Å². The van der Waals surface area contributed by atoms with E-state index >= 15 is 0 Å². The molecule has 5 rings (SSSR count). The monoisotopic (exact) mass is 768 g/mol. The van der Waals surface area contributed by atoms with Gasteiger partial charge in [-0.05, 0) is 65.8 Å². The molecule has 5 aliphatic rings. The average molecular weight is 768 g/mol. The first kappa shape index (κ1) is 59.4. The lowest BCUT2D eigenvalue weighted by atomic mass is 9.37. The first-order chi connectivity index (χ1) is 26.1. The largest absolute Gasteiger partial charge is 0.300 e. The highest BCUT2D eigenvalue weighted by molar-refractivity contribution is 6.02. The quantitative estimate of drug-likeness (QED) is 0.231. The summed E-state index contributed by atoms with van der Waals surface area (Å²) in [5, 5.41) is 0. The number of ketones is 3. The Bertz CT molecular complexity index is 1130. The molecular formula is C52H95O3. The highest BCUT2D eigenvalue weighted by Gasteiger charge is 2.65. The van der Waals surface area contributed by atoms with Crippen LogP contribution in [-0.2, 0) is 14.4 Å². The minimum absolute atomic E-state index is 0.0253. The third-order valence-corrected chi connectivity index (χ3v) is 11.3.